The summed E-state index contributed by atoms with van der Waals surface area (Å²) in [5.74, 6) is -2.42. The third-order valence-electron chi connectivity index (χ3n) is 5.92. The first kappa shape index (κ1) is 22.6. The van der Waals surface area contributed by atoms with Crippen molar-refractivity contribution in [3.8, 4) is 0 Å². The molecule has 1 aromatic heterocycles. The van der Waals surface area contributed by atoms with Gasteiger partial charge in [0, 0.05) is 31.6 Å². The summed E-state index contributed by atoms with van der Waals surface area (Å²) >= 11 is 0. The molecule has 0 saturated carbocycles. The lowest BCUT2D eigenvalue weighted by molar-refractivity contribution is -0.155. The maximum atomic E-state index is 13.5. The molecule has 0 radical (unpaired) electrons. The SMILES string of the molecule is O=C(C1CCS(=O)(=O)CC1)N1CCN(c2cc(C(F)(F)F)on2)C[C@@H]1c1ccc(F)cc1. The number of rotatable bonds is 3. The average Bonchev–Trinajstić information content (AvgIpc) is 3.24. The summed E-state index contributed by atoms with van der Waals surface area (Å²) in [4.78, 5) is 16.4. The van der Waals surface area contributed by atoms with Gasteiger partial charge in [0.15, 0.2) is 5.82 Å². The van der Waals surface area contributed by atoms with Crippen LogP contribution in [0, 0.1) is 11.7 Å². The van der Waals surface area contributed by atoms with Crippen molar-refractivity contribution in [1.29, 1.82) is 0 Å². The van der Waals surface area contributed by atoms with Gasteiger partial charge in [-0.3, -0.25) is 4.79 Å². The summed E-state index contributed by atoms with van der Waals surface area (Å²) in [7, 11) is -3.14. The van der Waals surface area contributed by atoms with Gasteiger partial charge in [-0.15, -0.1) is 0 Å². The first-order valence-corrected chi connectivity index (χ1v) is 11.9. The molecule has 4 rings (SSSR count). The molecule has 1 amide bonds. The second-order valence-electron chi connectivity index (χ2n) is 8.02. The van der Waals surface area contributed by atoms with E-state index in [1.165, 1.54) is 24.3 Å². The molecule has 174 valence electrons. The van der Waals surface area contributed by atoms with Gasteiger partial charge in [0.2, 0.25) is 11.7 Å². The topological polar surface area (TPSA) is 83.7 Å². The van der Waals surface area contributed by atoms with Gasteiger partial charge in [0.25, 0.3) is 0 Å². The van der Waals surface area contributed by atoms with E-state index in [-0.39, 0.29) is 55.7 Å². The van der Waals surface area contributed by atoms with Gasteiger partial charge in [0.1, 0.15) is 15.7 Å². The number of halogens is 4. The van der Waals surface area contributed by atoms with Crippen LogP contribution in [-0.2, 0) is 20.8 Å². The van der Waals surface area contributed by atoms with Gasteiger partial charge in [0.05, 0.1) is 17.5 Å². The van der Waals surface area contributed by atoms with Crippen molar-refractivity contribution in [3.63, 3.8) is 0 Å². The molecule has 32 heavy (non-hydrogen) atoms. The van der Waals surface area contributed by atoms with Crippen LogP contribution in [0.15, 0.2) is 34.9 Å². The second kappa shape index (κ2) is 8.38. The summed E-state index contributed by atoms with van der Waals surface area (Å²) in [6.07, 6.45) is -4.20. The van der Waals surface area contributed by atoms with E-state index in [4.69, 9.17) is 0 Å². The van der Waals surface area contributed by atoms with E-state index in [1.807, 2.05) is 0 Å². The molecule has 0 aliphatic carbocycles. The van der Waals surface area contributed by atoms with Crippen molar-refractivity contribution in [2.24, 2.45) is 5.92 Å². The van der Waals surface area contributed by atoms with E-state index in [2.05, 4.69) is 9.68 Å². The smallest absolute Gasteiger partial charge is 0.350 e. The lowest BCUT2D eigenvalue weighted by Gasteiger charge is -2.43. The average molecular weight is 475 g/mol. The van der Waals surface area contributed by atoms with Crippen molar-refractivity contribution in [1.82, 2.24) is 10.1 Å². The fraction of sp³-hybridized carbons (Fsp3) is 0.500. The van der Waals surface area contributed by atoms with Crippen LogP contribution in [-0.4, -0.2) is 55.5 Å². The van der Waals surface area contributed by atoms with Crippen LogP contribution in [0.25, 0.3) is 0 Å². The van der Waals surface area contributed by atoms with Gasteiger partial charge >= 0.3 is 6.18 Å². The fourth-order valence-corrected chi connectivity index (χ4v) is 5.64. The Morgan fingerprint density at radius 1 is 1.09 bits per heavy atom. The number of alkyl halides is 3. The monoisotopic (exact) mass is 475 g/mol. The molecule has 0 unspecified atom stereocenters. The van der Waals surface area contributed by atoms with Gasteiger partial charge in [-0.2, -0.15) is 13.2 Å². The molecule has 2 fully saturated rings. The molecule has 1 atom stereocenters. The largest absolute Gasteiger partial charge is 0.452 e. The minimum absolute atomic E-state index is 0.000274. The lowest BCUT2D eigenvalue weighted by atomic mass is 9.96. The third-order valence-corrected chi connectivity index (χ3v) is 7.64. The molecule has 2 aliphatic heterocycles. The minimum Gasteiger partial charge on any atom is -0.350 e. The molecular weight excluding hydrogens is 454 g/mol. The van der Waals surface area contributed by atoms with Gasteiger partial charge < -0.3 is 14.3 Å². The molecule has 2 aromatic rings. The van der Waals surface area contributed by atoms with Crippen LogP contribution in [0.4, 0.5) is 23.4 Å². The summed E-state index contributed by atoms with van der Waals surface area (Å²) < 4.78 is 80.0. The van der Waals surface area contributed by atoms with E-state index in [9.17, 15) is 30.8 Å². The number of benzene rings is 1. The van der Waals surface area contributed by atoms with Crippen LogP contribution < -0.4 is 4.90 Å². The Bertz CT molecular complexity index is 1070. The summed E-state index contributed by atoms with van der Waals surface area (Å²) in [6.45, 7) is 0.544. The van der Waals surface area contributed by atoms with Crippen molar-refractivity contribution >= 4 is 21.6 Å². The fourth-order valence-electron chi connectivity index (χ4n) is 4.15. The number of hydrogen-bond donors (Lipinski definition) is 0. The number of nitrogens with zero attached hydrogens (tertiary/aromatic N) is 3. The van der Waals surface area contributed by atoms with Crippen LogP contribution in [0.2, 0.25) is 0 Å². The normalized spacial score (nSPS) is 22.2. The van der Waals surface area contributed by atoms with E-state index >= 15 is 0 Å². The highest BCUT2D eigenvalue weighted by molar-refractivity contribution is 7.91. The van der Waals surface area contributed by atoms with E-state index < -0.39 is 39.6 Å². The highest BCUT2D eigenvalue weighted by atomic mass is 32.2. The molecule has 2 aliphatic rings. The first-order chi connectivity index (χ1) is 15.0. The van der Waals surface area contributed by atoms with Crippen LogP contribution in [0.3, 0.4) is 0 Å². The number of amides is 1. The maximum absolute atomic E-state index is 13.5. The van der Waals surface area contributed by atoms with Gasteiger partial charge in [-0.25, -0.2) is 12.8 Å². The van der Waals surface area contributed by atoms with E-state index in [0.29, 0.717) is 5.56 Å². The van der Waals surface area contributed by atoms with Crippen molar-refractivity contribution in [3.05, 3.63) is 47.5 Å². The molecule has 7 nitrogen and oxygen atoms in total. The minimum atomic E-state index is -4.67. The zero-order valence-corrected chi connectivity index (χ0v) is 17.7. The Balaban J connectivity index is 1.58. The Hall–Kier alpha value is -2.63. The predicted octanol–water partition coefficient (Wildman–Crippen LogP) is 3.05. The van der Waals surface area contributed by atoms with Crippen LogP contribution in [0.1, 0.15) is 30.2 Å². The first-order valence-electron chi connectivity index (χ1n) is 10.1. The number of hydrogen-bond acceptors (Lipinski definition) is 6. The molecule has 12 heteroatoms. The van der Waals surface area contributed by atoms with Crippen LogP contribution in [0.5, 0.6) is 0 Å². The maximum Gasteiger partial charge on any atom is 0.452 e. The number of carbonyl (C=O) groups excluding carboxylic acids is 1. The number of piperazine rings is 1. The third kappa shape index (κ3) is 4.74. The Kier molecular flexibility index (Phi) is 5.91. The van der Waals surface area contributed by atoms with E-state index in [1.54, 1.807) is 9.80 Å². The molecular formula is C20H21F4N3O4S. The number of carbonyl (C=O) groups is 1. The zero-order valence-electron chi connectivity index (χ0n) is 16.9. The predicted molar refractivity (Wildman–Crippen MR) is 106 cm³/mol. The van der Waals surface area contributed by atoms with E-state index in [0.717, 1.165) is 6.07 Å². The Morgan fingerprint density at radius 2 is 1.75 bits per heavy atom. The molecule has 0 N–H and O–H groups in total. The lowest BCUT2D eigenvalue weighted by Crippen LogP contribution is -2.53. The van der Waals surface area contributed by atoms with Crippen LogP contribution >= 0.6 is 0 Å². The van der Waals surface area contributed by atoms with Crippen molar-refractivity contribution in [2.75, 3.05) is 36.0 Å². The van der Waals surface area contributed by atoms with Crippen molar-refractivity contribution < 1.29 is 35.3 Å². The molecule has 2 saturated heterocycles. The molecule has 0 spiro atoms. The summed E-state index contributed by atoms with van der Waals surface area (Å²) in [5.41, 5.74) is 0.618. The molecule has 0 bridgehead atoms. The highest BCUT2D eigenvalue weighted by Gasteiger charge is 2.40. The summed E-state index contributed by atoms with van der Waals surface area (Å²) in [6, 6.07) is 5.80. The zero-order chi connectivity index (χ0) is 23.1. The van der Waals surface area contributed by atoms with Gasteiger partial charge in [-0.1, -0.05) is 17.3 Å². The summed E-state index contributed by atoms with van der Waals surface area (Å²) in [5, 5.41) is 3.53. The number of anilines is 1. The van der Waals surface area contributed by atoms with Gasteiger partial charge in [-0.05, 0) is 30.5 Å². The second-order valence-corrected chi connectivity index (χ2v) is 10.3. The molecule has 3 heterocycles. The van der Waals surface area contributed by atoms with Crippen molar-refractivity contribution in [2.45, 2.75) is 25.1 Å². The Morgan fingerprint density at radius 3 is 2.34 bits per heavy atom. The molecule has 1 aromatic carbocycles. The quantitative estimate of drug-likeness (QED) is 0.635. The number of sulfone groups is 1. The highest BCUT2D eigenvalue weighted by Crippen LogP contribution is 2.35. The Labute approximate surface area is 181 Å². The number of aromatic nitrogens is 1. The standard InChI is InChI=1S/C20H21F4N3O4S/c21-15-3-1-13(2-4-15)16-12-26(18-11-17(31-25-18)20(22,23)24)7-8-27(16)19(28)14-5-9-32(29,30)10-6-14/h1-4,11,14,16H,5-10,12H2/t16-/m1/s1.